The van der Waals surface area contributed by atoms with Crippen LogP contribution in [-0.4, -0.2) is 85.2 Å². The zero-order chi connectivity index (χ0) is 33.1. The van der Waals surface area contributed by atoms with E-state index in [1.807, 2.05) is 54.1 Å². The summed E-state index contributed by atoms with van der Waals surface area (Å²) in [5, 5.41) is 13.2. The highest BCUT2D eigenvalue weighted by atomic mass is 35.5. The Morgan fingerprint density at radius 1 is 0.913 bits per heavy atom. The number of β-amino-alcohol motifs (C(OH)–C–C–N with tert-alkyl or cyclic N) is 1. The first-order valence-electron chi connectivity index (χ1n) is 16.6. The van der Waals surface area contributed by atoms with Crippen molar-refractivity contribution >= 4 is 29.1 Å². The highest BCUT2D eigenvalue weighted by molar-refractivity contribution is 6.30. The molecule has 8 heteroatoms. The largest absolute Gasteiger partial charge is 0.392 e. The Balaban J connectivity index is 0.000000366. The minimum Gasteiger partial charge on any atom is -0.392 e. The molecule has 0 spiro atoms. The number of hydrogen-bond acceptors (Lipinski definition) is 5. The Hall–Kier alpha value is -3.39. The number of amides is 2. The Labute approximate surface area is 280 Å². The van der Waals surface area contributed by atoms with Crippen LogP contribution in [0.15, 0.2) is 66.7 Å². The molecule has 3 aromatic rings. The maximum atomic E-state index is 13.4. The monoisotopic (exact) mass is 646 g/mol. The average Bonchev–Trinajstić information content (AvgIpc) is 3.77. The van der Waals surface area contributed by atoms with Crippen molar-refractivity contribution in [2.24, 2.45) is 0 Å². The van der Waals surface area contributed by atoms with Gasteiger partial charge in [-0.15, -0.1) is 0 Å². The lowest BCUT2D eigenvalue weighted by molar-refractivity contribution is -0.130. The van der Waals surface area contributed by atoms with Crippen LogP contribution in [0.5, 0.6) is 0 Å². The van der Waals surface area contributed by atoms with E-state index in [9.17, 15) is 14.7 Å². The number of nitrogens with one attached hydrogen (secondary N) is 1. The molecule has 7 nitrogen and oxygen atoms in total. The van der Waals surface area contributed by atoms with Crippen molar-refractivity contribution in [3.05, 3.63) is 99.6 Å². The smallest absolute Gasteiger partial charge is 0.242 e. The minimum absolute atomic E-state index is 0.0268. The van der Waals surface area contributed by atoms with Crippen LogP contribution >= 0.6 is 11.6 Å². The Morgan fingerprint density at radius 3 is 2.07 bits per heavy atom. The molecule has 2 aliphatic carbocycles. The first-order valence-corrected chi connectivity index (χ1v) is 17.0. The molecule has 6 rings (SSSR count). The van der Waals surface area contributed by atoms with Crippen molar-refractivity contribution in [2.75, 3.05) is 51.2 Å². The Morgan fingerprint density at radius 2 is 1.52 bits per heavy atom. The van der Waals surface area contributed by atoms with E-state index in [4.69, 9.17) is 11.6 Å². The maximum Gasteiger partial charge on any atom is 0.242 e. The molecule has 2 fully saturated rings. The number of aliphatic hydroxyl groups is 1. The van der Waals surface area contributed by atoms with Crippen LogP contribution < -0.4 is 10.2 Å². The Kier molecular flexibility index (Phi) is 13.5. The number of aliphatic hydroxyl groups excluding tert-OH is 1. The number of fused-ring (bicyclic) bond motifs is 1. The van der Waals surface area contributed by atoms with Crippen LogP contribution in [0.2, 0.25) is 5.02 Å². The van der Waals surface area contributed by atoms with E-state index < -0.39 is 0 Å². The molecule has 1 saturated heterocycles. The van der Waals surface area contributed by atoms with Crippen molar-refractivity contribution in [3.63, 3.8) is 0 Å². The quantitative estimate of drug-likeness (QED) is 0.310. The van der Waals surface area contributed by atoms with Crippen LogP contribution in [0.1, 0.15) is 53.5 Å². The maximum absolute atomic E-state index is 13.4. The van der Waals surface area contributed by atoms with Gasteiger partial charge in [0.25, 0.3) is 0 Å². The van der Waals surface area contributed by atoms with Gasteiger partial charge in [-0.1, -0.05) is 96.6 Å². The normalized spacial score (nSPS) is 16.8. The molecule has 3 aromatic carbocycles. The van der Waals surface area contributed by atoms with Gasteiger partial charge in [-0.25, -0.2) is 0 Å². The predicted molar refractivity (Wildman–Crippen MR) is 189 cm³/mol. The topological polar surface area (TPSA) is 76.1 Å². The molecule has 2 N–H and O–H groups in total. The number of benzene rings is 3. The third-order valence-electron chi connectivity index (χ3n) is 8.71. The van der Waals surface area contributed by atoms with E-state index in [-0.39, 0.29) is 37.0 Å². The first-order chi connectivity index (χ1) is 22.1. The molecule has 1 heterocycles. The van der Waals surface area contributed by atoms with Gasteiger partial charge in [-0.3, -0.25) is 14.5 Å². The fourth-order valence-corrected chi connectivity index (χ4v) is 5.84. The van der Waals surface area contributed by atoms with Gasteiger partial charge < -0.3 is 20.2 Å². The summed E-state index contributed by atoms with van der Waals surface area (Å²) in [5.41, 5.74) is 6.99. The van der Waals surface area contributed by atoms with E-state index in [1.54, 1.807) is 0 Å². The summed E-state index contributed by atoms with van der Waals surface area (Å²) in [6, 6.07) is 22.5. The number of anilines is 1. The zero-order valence-electron chi connectivity index (χ0n) is 28.0. The molecule has 1 unspecified atom stereocenters. The molecule has 1 saturated carbocycles. The van der Waals surface area contributed by atoms with Crippen LogP contribution in [0.4, 0.5) is 5.69 Å². The molecular formula is C38H51ClN4O3. The molecule has 3 aliphatic rings. The van der Waals surface area contributed by atoms with Gasteiger partial charge in [0.1, 0.15) is 0 Å². The summed E-state index contributed by atoms with van der Waals surface area (Å²) >= 11 is 6.27. The summed E-state index contributed by atoms with van der Waals surface area (Å²) in [4.78, 5) is 32.0. The van der Waals surface area contributed by atoms with Gasteiger partial charge in [0.2, 0.25) is 11.8 Å². The average molecular weight is 647 g/mol. The SMILES string of the molecule is C1CC1.Cc1ccc(C)cc1.Cc1ccc(Cl)cc1N(CC(=O)NCCN1CCC(O)C1)CC(=O)N(C)C1Cc2ccccc2C1. The molecule has 1 aliphatic heterocycles. The summed E-state index contributed by atoms with van der Waals surface area (Å²) in [5.74, 6) is -0.172. The zero-order valence-corrected chi connectivity index (χ0v) is 28.7. The van der Waals surface area contributed by atoms with E-state index in [0.717, 1.165) is 37.1 Å². The van der Waals surface area contributed by atoms with Crippen LogP contribution in [0.25, 0.3) is 0 Å². The second kappa shape index (κ2) is 17.5. The van der Waals surface area contributed by atoms with Crippen molar-refractivity contribution in [3.8, 4) is 0 Å². The number of halogens is 1. The van der Waals surface area contributed by atoms with Gasteiger partial charge in [0.15, 0.2) is 0 Å². The van der Waals surface area contributed by atoms with Gasteiger partial charge in [0.05, 0.1) is 19.2 Å². The number of likely N-dealkylation sites (tertiary alicyclic amines) is 1. The molecule has 0 radical (unpaired) electrons. The lowest BCUT2D eigenvalue weighted by Crippen LogP contribution is -2.47. The van der Waals surface area contributed by atoms with Crippen LogP contribution in [0.3, 0.4) is 0 Å². The molecule has 0 bridgehead atoms. The summed E-state index contributed by atoms with van der Waals surface area (Å²) < 4.78 is 0. The summed E-state index contributed by atoms with van der Waals surface area (Å²) in [6.07, 6.45) is 6.69. The number of aryl methyl sites for hydroxylation is 3. The van der Waals surface area contributed by atoms with Gasteiger partial charge >= 0.3 is 0 Å². The van der Waals surface area contributed by atoms with Crippen molar-refractivity contribution < 1.29 is 14.7 Å². The Bertz CT molecular complexity index is 1380. The molecular weight excluding hydrogens is 596 g/mol. The fourth-order valence-electron chi connectivity index (χ4n) is 5.67. The molecule has 1 atom stereocenters. The third-order valence-corrected chi connectivity index (χ3v) is 8.95. The van der Waals surface area contributed by atoms with Crippen LogP contribution in [0, 0.1) is 20.8 Å². The summed E-state index contributed by atoms with van der Waals surface area (Å²) in [6.45, 7) is 9.00. The van der Waals surface area contributed by atoms with E-state index in [1.165, 1.54) is 41.5 Å². The number of rotatable bonds is 9. The van der Waals surface area contributed by atoms with Gasteiger partial charge in [-0.2, -0.15) is 0 Å². The lowest BCUT2D eigenvalue weighted by atomic mass is 10.1. The number of carbonyl (C=O) groups is 2. The number of nitrogens with zero attached hydrogens (tertiary/aromatic N) is 3. The second-order valence-corrected chi connectivity index (χ2v) is 13.4. The van der Waals surface area contributed by atoms with Gasteiger partial charge in [-0.05, 0) is 68.9 Å². The standard InChI is InChI=1S/C27H35ClN4O3.C8H10.C3H6/c1-19-7-8-22(28)15-25(19)32(17-26(34)29-10-12-31-11-9-24(33)16-31)18-27(35)30(2)23-13-20-5-3-4-6-21(20)14-23;1-7-3-5-8(2)6-4-7;1-2-3-1/h3-8,15,23-24,33H,9-14,16-18H2,1-2H3,(H,29,34);3-6H,1-2H3;1-3H2. The van der Waals surface area contributed by atoms with Crippen LogP contribution in [-0.2, 0) is 22.4 Å². The number of carbonyl (C=O) groups excluding carboxylic acids is 2. The number of likely N-dealkylation sites (N-methyl/N-ethyl adjacent to an activating group) is 1. The van der Waals surface area contributed by atoms with Crippen molar-refractivity contribution in [1.82, 2.24) is 15.1 Å². The lowest BCUT2D eigenvalue weighted by Gasteiger charge is -2.30. The van der Waals surface area contributed by atoms with E-state index in [2.05, 4.69) is 60.5 Å². The second-order valence-electron chi connectivity index (χ2n) is 12.9. The van der Waals surface area contributed by atoms with E-state index in [0.29, 0.717) is 24.7 Å². The first kappa shape index (κ1) is 35.5. The van der Waals surface area contributed by atoms with Crippen molar-refractivity contribution in [1.29, 1.82) is 0 Å². The molecule has 46 heavy (non-hydrogen) atoms. The highest BCUT2D eigenvalue weighted by Gasteiger charge is 2.29. The summed E-state index contributed by atoms with van der Waals surface area (Å²) in [7, 11) is 1.85. The molecule has 2 amide bonds. The molecule has 248 valence electrons. The predicted octanol–water partition coefficient (Wildman–Crippen LogP) is 5.74. The van der Waals surface area contributed by atoms with E-state index >= 15 is 0 Å². The third kappa shape index (κ3) is 11.4. The number of hydrogen-bond donors (Lipinski definition) is 2. The van der Waals surface area contributed by atoms with Crippen molar-refractivity contribution in [2.45, 2.75) is 71.4 Å². The van der Waals surface area contributed by atoms with Gasteiger partial charge in [0, 0.05) is 50.0 Å². The molecule has 0 aromatic heterocycles. The highest BCUT2D eigenvalue weighted by Crippen LogP contribution is 2.27. The fraction of sp³-hybridized carbons (Fsp3) is 0.474. The minimum atomic E-state index is -0.275.